The number of alkyl halides is 1. The maximum atomic E-state index is 11.5. The SMILES string of the molecule is O=[C]NCCCCCCF. The molecule has 0 bridgehead atoms. The third-order valence-corrected chi connectivity index (χ3v) is 1.26. The summed E-state index contributed by atoms with van der Waals surface area (Å²) in [7, 11) is 0. The zero-order valence-electron chi connectivity index (χ0n) is 6.03. The predicted molar refractivity (Wildman–Crippen MR) is 38.1 cm³/mol. The second-order valence-corrected chi connectivity index (χ2v) is 2.13. The molecule has 1 N–H and O–H groups in total. The molecule has 10 heavy (non-hydrogen) atoms. The Hall–Kier alpha value is -0.600. The number of halogens is 1. The van der Waals surface area contributed by atoms with E-state index in [4.69, 9.17) is 0 Å². The molecule has 1 radical (unpaired) electrons. The number of hydrogen-bond acceptors (Lipinski definition) is 1. The minimum absolute atomic E-state index is 0.229. The Morgan fingerprint density at radius 1 is 1.20 bits per heavy atom. The van der Waals surface area contributed by atoms with Gasteiger partial charge in [-0.1, -0.05) is 12.8 Å². The van der Waals surface area contributed by atoms with E-state index in [1.807, 2.05) is 0 Å². The molecule has 0 saturated heterocycles. The fraction of sp³-hybridized carbons (Fsp3) is 0.857. The Morgan fingerprint density at radius 3 is 2.50 bits per heavy atom. The van der Waals surface area contributed by atoms with Gasteiger partial charge in [-0.25, -0.2) is 0 Å². The Bertz CT molecular complexity index is 78.0. The number of unbranched alkanes of at least 4 members (excludes halogenated alkanes) is 3. The van der Waals surface area contributed by atoms with Gasteiger partial charge in [-0.05, 0) is 12.8 Å². The molecule has 59 valence electrons. The van der Waals surface area contributed by atoms with Crippen molar-refractivity contribution in [3.05, 3.63) is 0 Å². The van der Waals surface area contributed by atoms with E-state index in [0.717, 1.165) is 19.3 Å². The highest BCUT2D eigenvalue weighted by molar-refractivity contribution is 5.46. The van der Waals surface area contributed by atoms with Crippen molar-refractivity contribution in [2.45, 2.75) is 25.7 Å². The predicted octanol–water partition coefficient (Wildman–Crippen LogP) is 1.17. The summed E-state index contributed by atoms with van der Waals surface area (Å²) in [6.45, 7) is 0.434. The average Bonchev–Trinajstić information content (AvgIpc) is 1.97. The molecule has 2 nitrogen and oxygen atoms in total. The molecule has 0 saturated carbocycles. The van der Waals surface area contributed by atoms with E-state index in [1.54, 1.807) is 6.41 Å². The number of hydrogen-bond donors (Lipinski definition) is 1. The van der Waals surface area contributed by atoms with E-state index in [0.29, 0.717) is 13.0 Å². The lowest BCUT2D eigenvalue weighted by atomic mass is 10.2. The van der Waals surface area contributed by atoms with E-state index in [2.05, 4.69) is 5.32 Å². The Labute approximate surface area is 60.8 Å². The lowest BCUT2D eigenvalue weighted by Crippen LogP contribution is -2.11. The second kappa shape index (κ2) is 8.40. The molecule has 1 amide bonds. The highest BCUT2D eigenvalue weighted by atomic mass is 19.1. The van der Waals surface area contributed by atoms with Crippen LogP contribution in [0, 0.1) is 0 Å². The van der Waals surface area contributed by atoms with Gasteiger partial charge in [0.2, 0.25) is 0 Å². The van der Waals surface area contributed by atoms with E-state index < -0.39 is 0 Å². The summed E-state index contributed by atoms with van der Waals surface area (Å²) in [5.74, 6) is 0. The number of rotatable bonds is 7. The summed E-state index contributed by atoms with van der Waals surface area (Å²) >= 11 is 0. The molecule has 0 aliphatic carbocycles. The highest BCUT2D eigenvalue weighted by Gasteiger charge is 1.87. The van der Waals surface area contributed by atoms with Crippen molar-refractivity contribution in [2.75, 3.05) is 13.2 Å². The molecule has 0 rings (SSSR count). The van der Waals surface area contributed by atoms with Crippen LogP contribution in [0.25, 0.3) is 0 Å². The first-order valence-corrected chi connectivity index (χ1v) is 3.57. The lowest BCUT2D eigenvalue weighted by molar-refractivity contribution is 0.452. The van der Waals surface area contributed by atoms with Crippen LogP contribution in [-0.4, -0.2) is 19.6 Å². The van der Waals surface area contributed by atoms with E-state index in [-0.39, 0.29) is 6.67 Å². The van der Waals surface area contributed by atoms with Gasteiger partial charge in [0, 0.05) is 6.54 Å². The molecule has 0 unspecified atom stereocenters. The highest BCUT2D eigenvalue weighted by Crippen LogP contribution is 1.98. The second-order valence-electron chi connectivity index (χ2n) is 2.13. The lowest BCUT2D eigenvalue weighted by Gasteiger charge is -1.96. The van der Waals surface area contributed by atoms with Crippen LogP contribution >= 0.6 is 0 Å². The Kier molecular flexibility index (Phi) is 7.90. The summed E-state index contributed by atoms with van der Waals surface area (Å²) in [6, 6.07) is 0. The van der Waals surface area contributed by atoms with Gasteiger partial charge in [-0.15, -0.1) is 0 Å². The first-order chi connectivity index (χ1) is 4.91. The zero-order chi connectivity index (χ0) is 7.66. The standard InChI is InChI=1S/C7H13FNO/c8-5-3-1-2-4-6-9-7-10/h1-6H2,(H,9,10). The quantitative estimate of drug-likeness (QED) is 0.424. The minimum Gasteiger partial charge on any atom is -0.348 e. The van der Waals surface area contributed by atoms with Crippen LogP contribution in [0.2, 0.25) is 0 Å². The smallest absolute Gasteiger partial charge is 0.309 e. The molecule has 0 aromatic carbocycles. The van der Waals surface area contributed by atoms with Crippen molar-refractivity contribution in [3.63, 3.8) is 0 Å². The van der Waals surface area contributed by atoms with Gasteiger partial charge >= 0.3 is 6.41 Å². The van der Waals surface area contributed by atoms with Crippen molar-refractivity contribution in [3.8, 4) is 0 Å². The van der Waals surface area contributed by atoms with Gasteiger partial charge < -0.3 is 5.32 Å². The summed E-state index contributed by atoms with van der Waals surface area (Å²) in [5, 5.41) is 2.43. The number of nitrogens with one attached hydrogen (secondary N) is 1. The van der Waals surface area contributed by atoms with Gasteiger partial charge in [-0.3, -0.25) is 9.18 Å². The topological polar surface area (TPSA) is 29.1 Å². The molecular formula is C7H13FNO. The van der Waals surface area contributed by atoms with Crippen molar-refractivity contribution < 1.29 is 9.18 Å². The Balaban J connectivity index is 2.70. The monoisotopic (exact) mass is 146 g/mol. The van der Waals surface area contributed by atoms with Crippen LogP contribution in [0.1, 0.15) is 25.7 Å². The molecule has 0 aliphatic heterocycles. The molecular weight excluding hydrogens is 133 g/mol. The molecule has 0 aromatic rings. The van der Waals surface area contributed by atoms with Crippen molar-refractivity contribution in [2.24, 2.45) is 0 Å². The third-order valence-electron chi connectivity index (χ3n) is 1.26. The van der Waals surface area contributed by atoms with Crippen LogP contribution in [0.3, 0.4) is 0 Å². The summed E-state index contributed by atoms with van der Waals surface area (Å²) < 4.78 is 11.5. The maximum absolute atomic E-state index is 11.5. The van der Waals surface area contributed by atoms with Gasteiger partial charge in [0.15, 0.2) is 0 Å². The van der Waals surface area contributed by atoms with Crippen LogP contribution in [0.4, 0.5) is 4.39 Å². The van der Waals surface area contributed by atoms with Crippen LogP contribution < -0.4 is 5.32 Å². The van der Waals surface area contributed by atoms with Gasteiger partial charge in [-0.2, -0.15) is 0 Å². The number of amides is 1. The third kappa shape index (κ3) is 7.40. The maximum Gasteiger partial charge on any atom is 0.309 e. The van der Waals surface area contributed by atoms with Gasteiger partial charge in [0.1, 0.15) is 0 Å². The Morgan fingerprint density at radius 2 is 1.90 bits per heavy atom. The molecule has 0 aromatic heterocycles. The summed E-state index contributed by atoms with van der Waals surface area (Å²) in [5.41, 5.74) is 0. The fourth-order valence-electron chi connectivity index (χ4n) is 0.712. The normalized spacial score (nSPS) is 9.30. The first kappa shape index (κ1) is 9.40. The minimum atomic E-state index is -0.229. The summed E-state index contributed by atoms with van der Waals surface area (Å²) in [6.07, 6.45) is 5.05. The van der Waals surface area contributed by atoms with Gasteiger partial charge in [0.25, 0.3) is 0 Å². The van der Waals surface area contributed by atoms with Crippen LogP contribution in [0.5, 0.6) is 0 Å². The molecule has 0 fully saturated rings. The molecule has 0 heterocycles. The molecule has 0 spiro atoms. The van der Waals surface area contributed by atoms with Crippen molar-refractivity contribution in [1.29, 1.82) is 0 Å². The van der Waals surface area contributed by atoms with Gasteiger partial charge in [0.05, 0.1) is 6.67 Å². The zero-order valence-corrected chi connectivity index (χ0v) is 6.03. The summed E-state index contributed by atoms with van der Waals surface area (Å²) in [4.78, 5) is 9.60. The molecule has 0 aliphatic rings. The fourth-order valence-corrected chi connectivity index (χ4v) is 0.712. The van der Waals surface area contributed by atoms with E-state index in [9.17, 15) is 9.18 Å². The van der Waals surface area contributed by atoms with E-state index >= 15 is 0 Å². The van der Waals surface area contributed by atoms with Crippen molar-refractivity contribution >= 4 is 6.41 Å². The first-order valence-electron chi connectivity index (χ1n) is 3.57. The van der Waals surface area contributed by atoms with Crippen molar-refractivity contribution in [1.82, 2.24) is 5.32 Å². The van der Waals surface area contributed by atoms with E-state index in [1.165, 1.54) is 0 Å². The van der Waals surface area contributed by atoms with Crippen LogP contribution in [-0.2, 0) is 4.79 Å². The van der Waals surface area contributed by atoms with Crippen LogP contribution in [0.15, 0.2) is 0 Å². The molecule has 0 atom stereocenters. The molecule has 3 heteroatoms. The largest absolute Gasteiger partial charge is 0.348 e. The average molecular weight is 146 g/mol. The number of carbonyl (C=O) groups excluding carboxylic acids is 1.